The maximum Gasteiger partial charge on any atom is 0.268 e. The molecule has 3 aromatic rings. The highest BCUT2D eigenvalue weighted by molar-refractivity contribution is 7.93. The monoisotopic (exact) mass is 565 g/mol. The lowest BCUT2D eigenvalue weighted by molar-refractivity contribution is -0.131. The number of methoxy groups -OCH3 is 1. The smallest absolute Gasteiger partial charge is 0.268 e. The van der Waals surface area contributed by atoms with Gasteiger partial charge >= 0.3 is 0 Å². The number of nitrogens with zero attached hydrogens (tertiary/aromatic N) is 3. The highest BCUT2D eigenvalue weighted by atomic mass is 32.2. The van der Waals surface area contributed by atoms with Crippen molar-refractivity contribution < 1.29 is 27.4 Å². The SMILES string of the molecule is COc1ccc(C)cc1S(=O)(=O)N(CC(=O)N1CCN(Cc2ccc3c(c2)OCO3)CC1)c1cc(C)cc(C)c1. The van der Waals surface area contributed by atoms with E-state index < -0.39 is 10.0 Å². The van der Waals surface area contributed by atoms with Gasteiger partial charge in [-0.3, -0.25) is 14.0 Å². The van der Waals surface area contributed by atoms with Gasteiger partial charge in [0.25, 0.3) is 10.0 Å². The van der Waals surface area contributed by atoms with Gasteiger partial charge in [0.2, 0.25) is 12.7 Å². The highest BCUT2D eigenvalue weighted by Crippen LogP contribution is 2.34. The fraction of sp³-hybridized carbons (Fsp3) is 0.367. The van der Waals surface area contributed by atoms with Crippen molar-refractivity contribution in [3.05, 3.63) is 76.9 Å². The van der Waals surface area contributed by atoms with Gasteiger partial charge < -0.3 is 19.1 Å². The van der Waals surface area contributed by atoms with E-state index in [0.29, 0.717) is 31.9 Å². The molecular formula is C30H35N3O6S. The van der Waals surface area contributed by atoms with Crippen molar-refractivity contribution in [2.75, 3.05) is 50.9 Å². The maximum absolute atomic E-state index is 14.1. The first-order valence-electron chi connectivity index (χ1n) is 13.3. The van der Waals surface area contributed by atoms with Crippen LogP contribution < -0.4 is 18.5 Å². The highest BCUT2D eigenvalue weighted by Gasteiger charge is 2.32. The molecule has 0 aromatic heterocycles. The average molecular weight is 566 g/mol. The third-order valence-electron chi connectivity index (χ3n) is 7.23. The molecule has 5 rings (SSSR count). The first-order chi connectivity index (χ1) is 19.1. The molecule has 212 valence electrons. The molecule has 0 radical (unpaired) electrons. The summed E-state index contributed by atoms with van der Waals surface area (Å²) >= 11 is 0. The zero-order valence-electron chi connectivity index (χ0n) is 23.3. The Morgan fingerprint density at radius 3 is 2.27 bits per heavy atom. The minimum atomic E-state index is -4.11. The van der Waals surface area contributed by atoms with Crippen LogP contribution in [0.25, 0.3) is 0 Å². The number of benzene rings is 3. The van der Waals surface area contributed by atoms with Gasteiger partial charge in [0.05, 0.1) is 12.8 Å². The Bertz CT molecular complexity index is 1500. The molecule has 0 unspecified atom stereocenters. The summed E-state index contributed by atoms with van der Waals surface area (Å²) in [6.45, 7) is 8.71. The molecule has 9 nitrogen and oxygen atoms in total. The molecule has 1 amide bonds. The summed E-state index contributed by atoms with van der Waals surface area (Å²) in [5.74, 6) is 1.51. The molecule has 2 heterocycles. The van der Waals surface area contributed by atoms with Crippen molar-refractivity contribution in [2.45, 2.75) is 32.2 Å². The van der Waals surface area contributed by atoms with E-state index in [1.807, 2.05) is 45.0 Å². The minimum absolute atomic E-state index is 0.0375. The zero-order valence-corrected chi connectivity index (χ0v) is 24.2. The van der Waals surface area contributed by atoms with E-state index in [2.05, 4.69) is 4.90 Å². The van der Waals surface area contributed by atoms with Gasteiger partial charge in [-0.2, -0.15) is 0 Å². The van der Waals surface area contributed by atoms with Gasteiger partial charge in [-0.1, -0.05) is 18.2 Å². The van der Waals surface area contributed by atoms with Crippen LogP contribution in [0.5, 0.6) is 17.2 Å². The second kappa shape index (κ2) is 11.4. The number of ether oxygens (including phenoxy) is 3. The molecule has 3 aromatic carbocycles. The van der Waals surface area contributed by atoms with Crippen molar-refractivity contribution in [3.8, 4) is 17.2 Å². The number of carbonyl (C=O) groups excluding carboxylic acids is 1. The van der Waals surface area contributed by atoms with Gasteiger partial charge in [-0.15, -0.1) is 0 Å². The van der Waals surface area contributed by atoms with E-state index in [1.54, 1.807) is 35.2 Å². The van der Waals surface area contributed by atoms with Crippen LogP contribution in [0, 0.1) is 20.8 Å². The molecule has 2 aliphatic heterocycles. The predicted molar refractivity (Wildman–Crippen MR) is 153 cm³/mol. The summed E-state index contributed by atoms with van der Waals surface area (Å²) < 4.78 is 45.7. The number of hydrogen-bond acceptors (Lipinski definition) is 7. The van der Waals surface area contributed by atoms with Crippen LogP contribution in [0.1, 0.15) is 22.3 Å². The Labute approximate surface area is 235 Å². The summed E-state index contributed by atoms with van der Waals surface area (Å²) in [7, 11) is -2.67. The van der Waals surface area contributed by atoms with Crippen LogP contribution in [0.3, 0.4) is 0 Å². The maximum atomic E-state index is 14.1. The van der Waals surface area contributed by atoms with Crippen LogP contribution in [0.4, 0.5) is 5.69 Å². The molecule has 0 atom stereocenters. The number of aryl methyl sites for hydroxylation is 3. The van der Waals surface area contributed by atoms with E-state index in [4.69, 9.17) is 14.2 Å². The normalized spacial score (nSPS) is 15.2. The summed E-state index contributed by atoms with van der Waals surface area (Å²) in [4.78, 5) is 17.6. The standard InChI is InChI=1S/C30H35N3O6S/c1-21-5-7-27(37-4)29(16-21)40(35,36)33(25-14-22(2)13-23(3)15-25)19-30(34)32-11-9-31(10-12-32)18-24-6-8-26-28(17-24)39-20-38-26/h5-8,13-17H,9-12,18-20H2,1-4H3. The van der Waals surface area contributed by atoms with Crippen molar-refractivity contribution >= 4 is 21.6 Å². The van der Waals surface area contributed by atoms with E-state index in [-0.39, 0.29) is 29.9 Å². The van der Waals surface area contributed by atoms with Gasteiger partial charge in [-0.05, 0) is 79.4 Å². The van der Waals surface area contributed by atoms with E-state index in [1.165, 1.54) is 11.4 Å². The molecule has 10 heteroatoms. The molecule has 0 bridgehead atoms. The fourth-order valence-corrected chi connectivity index (χ4v) is 6.83. The van der Waals surface area contributed by atoms with Crippen molar-refractivity contribution in [2.24, 2.45) is 0 Å². The number of sulfonamides is 1. The van der Waals surface area contributed by atoms with Gasteiger partial charge in [0, 0.05) is 32.7 Å². The topological polar surface area (TPSA) is 88.6 Å². The zero-order chi connectivity index (χ0) is 28.4. The Kier molecular flexibility index (Phi) is 7.91. The number of hydrogen-bond donors (Lipinski definition) is 0. The quantitative estimate of drug-likeness (QED) is 0.410. The minimum Gasteiger partial charge on any atom is -0.495 e. The number of piperazine rings is 1. The third-order valence-corrected chi connectivity index (χ3v) is 9.02. The lowest BCUT2D eigenvalue weighted by atomic mass is 10.1. The molecule has 2 aliphatic rings. The Hall–Kier alpha value is -3.76. The number of anilines is 1. The second-order valence-corrected chi connectivity index (χ2v) is 12.2. The summed E-state index contributed by atoms with van der Waals surface area (Å²) in [5, 5.41) is 0. The number of amides is 1. The van der Waals surface area contributed by atoms with E-state index in [0.717, 1.165) is 40.3 Å². The fourth-order valence-electron chi connectivity index (χ4n) is 5.19. The van der Waals surface area contributed by atoms with Crippen molar-refractivity contribution in [1.82, 2.24) is 9.80 Å². The summed E-state index contributed by atoms with van der Waals surface area (Å²) in [6.07, 6.45) is 0. The number of fused-ring (bicyclic) bond motifs is 1. The van der Waals surface area contributed by atoms with Crippen molar-refractivity contribution in [1.29, 1.82) is 0 Å². The van der Waals surface area contributed by atoms with E-state index in [9.17, 15) is 13.2 Å². The first kappa shape index (κ1) is 27.8. The van der Waals surface area contributed by atoms with Crippen LogP contribution in [-0.4, -0.2) is 70.8 Å². The summed E-state index contributed by atoms with van der Waals surface area (Å²) in [5.41, 5.74) is 4.18. The molecule has 0 spiro atoms. The average Bonchev–Trinajstić information content (AvgIpc) is 3.39. The molecule has 1 saturated heterocycles. The third kappa shape index (κ3) is 5.88. The molecule has 0 N–H and O–H groups in total. The van der Waals surface area contributed by atoms with E-state index >= 15 is 0 Å². The van der Waals surface area contributed by atoms with Crippen LogP contribution >= 0.6 is 0 Å². The Morgan fingerprint density at radius 2 is 1.57 bits per heavy atom. The molecule has 0 aliphatic carbocycles. The number of rotatable bonds is 8. The van der Waals surface area contributed by atoms with Crippen LogP contribution in [-0.2, 0) is 21.4 Å². The molecular weight excluding hydrogens is 530 g/mol. The largest absolute Gasteiger partial charge is 0.495 e. The number of carbonyl (C=O) groups is 1. The lowest BCUT2D eigenvalue weighted by Gasteiger charge is -2.36. The van der Waals surface area contributed by atoms with Gasteiger partial charge in [0.15, 0.2) is 11.5 Å². The van der Waals surface area contributed by atoms with Gasteiger partial charge in [-0.25, -0.2) is 8.42 Å². The lowest BCUT2D eigenvalue weighted by Crippen LogP contribution is -2.51. The summed E-state index contributed by atoms with van der Waals surface area (Å²) in [6, 6.07) is 16.5. The Balaban J connectivity index is 1.33. The Morgan fingerprint density at radius 1 is 0.875 bits per heavy atom. The molecule has 1 fully saturated rings. The predicted octanol–water partition coefficient (Wildman–Crippen LogP) is 3.89. The van der Waals surface area contributed by atoms with Crippen LogP contribution in [0.2, 0.25) is 0 Å². The molecule has 0 saturated carbocycles. The van der Waals surface area contributed by atoms with Crippen LogP contribution in [0.15, 0.2) is 59.5 Å². The second-order valence-electron chi connectivity index (χ2n) is 10.4. The van der Waals surface area contributed by atoms with Crippen molar-refractivity contribution in [3.63, 3.8) is 0 Å². The first-order valence-corrected chi connectivity index (χ1v) is 14.7. The molecule has 40 heavy (non-hydrogen) atoms. The van der Waals surface area contributed by atoms with Gasteiger partial charge in [0.1, 0.15) is 17.2 Å².